The predicted molar refractivity (Wildman–Crippen MR) is 102 cm³/mol. The molecule has 3 aromatic rings. The van der Waals surface area contributed by atoms with Gasteiger partial charge in [-0.2, -0.15) is 0 Å². The first-order chi connectivity index (χ1) is 12.4. The van der Waals surface area contributed by atoms with E-state index in [0.29, 0.717) is 10.2 Å². The number of halogens is 2. The molecular weight excluding hydrogens is 375 g/mol. The van der Waals surface area contributed by atoms with E-state index in [9.17, 15) is 9.18 Å². The Morgan fingerprint density at radius 1 is 1.19 bits per heavy atom. The van der Waals surface area contributed by atoms with Crippen LogP contribution in [-0.4, -0.2) is 26.4 Å². The molecule has 0 saturated carbocycles. The number of rotatable bonds is 5. The summed E-state index contributed by atoms with van der Waals surface area (Å²) in [5, 5.41) is 11.7. The summed E-state index contributed by atoms with van der Waals surface area (Å²) in [7, 11) is 0. The van der Waals surface area contributed by atoms with Gasteiger partial charge >= 0.3 is 0 Å². The highest BCUT2D eigenvalue weighted by Gasteiger charge is 2.14. The van der Waals surface area contributed by atoms with Gasteiger partial charge in [-0.05, 0) is 44.2 Å². The Hall–Kier alpha value is -2.38. The quantitative estimate of drug-likeness (QED) is 0.655. The number of nitrogens with zero attached hydrogens (tertiary/aromatic N) is 3. The van der Waals surface area contributed by atoms with Crippen molar-refractivity contribution >= 4 is 35.0 Å². The molecule has 1 amide bonds. The second-order valence-corrected chi connectivity index (χ2v) is 7.04. The Balaban J connectivity index is 1.71. The SMILES string of the molecule is Cc1ccc(-n2c(C)nnc2SCC(=O)Nc2cc(Cl)ccc2F)cc1. The first-order valence-electron chi connectivity index (χ1n) is 7.81. The van der Waals surface area contributed by atoms with Gasteiger partial charge in [-0.15, -0.1) is 10.2 Å². The molecule has 0 aliphatic heterocycles. The molecule has 1 N–H and O–H groups in total. The van der Waals surface area contributed by atoms with Crippen molar-refractivity contribution in [2.24, 2.45) is 0 Å². The highest BCUT2D eigenvalue weighted by Crippen LogP contribution is 2.23. The van der Waals surface area contributed by atoms with Crippen molar-refractivity contribution in [3.05, 3.63) is 64.7 Å². The Morgan fingerprint density at radius 2 is 1.92 bits per heavy atom. The fourth-order valence-corrected chi connectivity index (χ4v) is 3.31. The lowest BCUT2D eigenvalue weighted by Gasteiger charge is -2.09. The topological polar surface area (TPSA) is 59.8 Å². The van der Waals surface area contributed by atoms with Gasteiger partial charge < -0.3 is 5.32 Å². The maximum Gasteiger partial charge on any atom is 0.234 e. The molecule has 0 fully saturated rings. The van der Waals surface area contributed by atoms with E-state index < -0.39 is 5.82 Å². The average Bonchev–Trinajstić information content (AvgIpc) is 2.98. The molecule has 0 aliphatic rings. The Kier molecular flexibility index (Phi) is 5.58. The molecule has 0 bridgehead atoms. The van der Waals surface area contributed by atoms with E-state index in [1.54, 1.807) is 0 Å². The van der Waals surface area contributed by atoms with E-state index in [-0.39, 0.29) is 17.3 Å². The van der Waals surface area contributed by atoms with Crippen LogP contribution >= 0.6 is 23.4 Å². The number of anilines is 1. The van der Waals surface area contributed by atoms with E-state index in [1.165, 1.54) is 30.0 Å². The van der Waals surface area contributed by atoms with E-state index in [0.717, 1.165) is 17.1 Å². The van der Waals surface area contributed by atoms with E-state index in [4.69, 9.17) is 11.6 Å². The number of nitrogens with one attached hydrogen (secondary N) is 1. The molecule has 0 saturated heterocycles. The van der Waals surface area contributed by atoms with Gasteiger partial charge in [0.1, 0.15) is 11.6 Å². The van der Waals surface area contributed by atoms with Crippen LogP contribution in [-0.2, 0) is 4.79 Å². The van der Waals surface area contributed by atoms with Gasteiger partial charge in [0, 0.05) is 10.7 Å². The minimum atomic E-state index is -0.536. The van der Waals surface area contributed by atoms with E-state index >= 15 is 0 Å². The normalized spacial score (nSPS) is 10.8. The van der Waals surface area contributed by atoms with Crippen molar-refractivity contribution in [2.45, 2.75) is 19.0 Å². The Bertz CT molecular complexity index is 943. The summed E-state index contributed by atoms with van der Waals surface area (Å²) in [6.45, 7) is 3.86. The summed E-state index contributed by atoms with van der Waals surface area (Å²) in [5.41, 5.74) is 2.12. The number of benzene rings is 2. The zero-order valence-corrected chi connectivity index (χ0v) is 15.7. The van der Waals surface area contributed by atoms with Gasteiger partial charge in [-0.1, -0.05) is 41.1 Å². The van der Waals surface area contributed by atoms with Crippen LogP contribution in [0.3, 0.4) is 0 Å². The molecule has 0 atom stereocenters. The van der Waals surface area contributed by atoms with Crippen LogP contribution in [0.2, 0.25) is 5.02 Å². The fraction of sp³-hybridized carbons (Fsp3) is 0.167. The minimum absolute atomic E-state index is 0.0549. The van der Waals surface area contributed by atoms with Gasteiger partial charge in [0.25, 0.3) is 0 Å². The smallest absolute Gasteiger partial charge is 0.234 e. The number of aryl methyl sites for hydroxylation is 2. The molecule has 0 spiro atoms. The number of amides is 1. The van der Waals surface area contributed by atoms with Crippen LogP contribution in [0.25, 0.3) is 5.69 Å². The third kappa shape index (κ3) is 4.23. The van der Waals surface area contributed by atoms with Crippen LogP contribution in [0.5, 0.6) is 0 Å². The van der Waals surface area contributed by atoms with Crippen LogP contribution in [0, 0.1) is 19.7 Å². The lowest BCUT2D eigenvalue weighted by molar-refractivity contribution is -0.113. The molecule has 2 aromatic carbocycles. The third-order valence-electron chi connectivity index (χ3n) is 3.62. The molecule has 1 aromatic heterocycles. The molecule has 0 unspecified atom stereocenters. The molecular formula is C18H16ClFN4OS. The van der Waals surface area contributed by atoms with Crippen molar-refractivity contribution in [2.75, 3.05) is 11.1 Å². The first-order valence-corrected chi connectivity index (χ1v) is 9.17. The molecule has 1 heterocycles. The first kappa shape index (κ1) is 18.4. The second kappa shape index (κ2) is 7.88. The van der Waals surface area contributed by atoms with Gasteiger partial charge in [0.15, 0.2) is 5.16 Å². The molecule has 134 valence electrons. The maximum atomic E-state index is 13.7. The number of hydrogen-bond donors (Lipinski definition) is 1. The molecule has 0 aliphatic carbocycles. The van der Waals surface area contributed by atoms with Crippen LogP contribution in [0.4, 0.5) is 10.1 Å². The number of hydrogen-bond acceptors (Lipinski definition) is 4. The minimum Gasteiger partial charge on any atom is -0.323 e. The van der Waals surface area contributed by atoms with Crippen LogP contribution in [0.1, 0.15) is 11.4 Å². The largest absolute Gasteiger partial charge is 0.323 e. The lowest BCUT2D eigenvalue weighted by Crippen LogP contribution is -2.15. The summed E-state index contributed by atoms with van der Waals surface area (Å²) in [5.74, 6) is -0.105. The molecule has 5 nitrogen and oxygen atoms in total. The number of thioether (sulfide) groups is 1. The zero-order valence-electron chi connectivity index (χ0n) is 14.2. The van der Waals surface area contributed by atoms with Crippen molar-refractivity contribution in [1.82, 2.24) is 14.8 Å². The predicted octanol–water partition coefficient (Wildman–Crippen LogP) is 4.41. The van der Waals surface area contributed by atoms with Crippen molar-refractivity contribution < 1.29 is 9.18 Å². The number of carbonyl (C=O) groups is 1. The Morgan fingerprint density at radius 3 is 2.65 bits per heavy atom. The molecule has 0 radical (unpaired) electrons. The summed E-state index contributed by atoms with van der Waals surface area (Å²) in [4.78, 5) is 12.1. The zero-order chi connectivity index (χ0) is 18.7. The average molecular weight is 391 g/mol. The summed E-state index contributed by atoms with van der Waals surface area (Å²) >= 11 is 7.06. The second-order valence-electron chi connectivity index (χ2n) is 5.66. The van der Waals surface area contributed by atoms with Gasteiger partial charge in [0.2, 0.25) is 5.91 Å². The monoisotopic (exact) mass is 390 g/mol. The van der Waals surface area contributed by atoms with Crippen molar-refractivity contribution in [1.29, 1.82) is 0 Å². The molecule has 26 heavy (non-hydrogen) atoms. The van der Waals surface area contributed by atoms with Crippen molar-refractivity contribution in [3.8, 4) is 5.69 Å². The van der Waals surface area contributed by atoms with Gasteiger partial charge in [-0.25, -0.2) is 4.39 Å². The van der Waals surface area contributed by atoms with Gasteiger partial charge in [-0.3, -0.25) is 9.36 Å². The van der Waals surface area contributed by atoms with Gasteiger partial charge in [0.05, 0.1) is 11.4 Å². The third-order valence-corrected chi connectivity index (χ3v) is 4.79. The Labute approximate surface area is 159 Å². The molecule has 8 heteroatoms. The summed E-state index contributed by atoms with van der Waals surface area (Å²) in [6.07, 6.45) is 0. The molecule has 3 rings (SSSR count). The number of aromatic nitrogens is 3. The summed E-state index contributed by atoms with van der Waals surface area (Å²) < 4.78 is 15.6. The van der Waals surface area contributed by atoms with E-state index in [2.05, 4.69) is 15.5 Å². The van der Waals surface area contributed by atoms with Crippen LogP contribution in [0.15, 0.2) is 47.6 Å². The van der Waals surface area contributed by atoms with E-state index in [1.807, 2.05) is 42.7 Å². The maximum absolute atomic E-state index is 13.7. The lowest BCUT2D eigenvalue weighted by atomic mass is 10.2. The number of carbonyl (C=O) groups excluding carboxylic acids is 1. The highest BCUT2D eigenvalue weighted by atomic mass is 35.5. The standard InChI is InChI=1S/C18H16ClFN4OS/c1-11-3-6-14(7-4-11)24-12(2)22-23-18(24)26-10-17(25)21-16-9-13(19)5-8-15(16)20/h3-9H,10H2,1-2H3,(H,21,25). The highest BCUT2D eigenvalue weighted by molar-refractivity contribution is 7.99. The fourth-order valence-electron chi connectivity index (χ4n) is 2.34. The van der Waals surface area contributed by atoms with Crippen molar-refractivity contribution in [3.63, 3.8) is 0 Å². The van der Waals surface area contributed by atoms with Crippen LogP contribution < -0.4 is 5.32 Å². The summed E-state index contributed by atoms with van der Waals surface area (Å²) in [6, 6.07) is 11.9.